The van der Waals surface area contributed by atoms with Crippen LogP contribution in [0.15, 0.2) is 36.4 Å². The van der Waals surface area contributed by atoms with Gasteiger partial charge in [0.1, 0.15) is 5.75 Å². The van der Waals surface area contributed by atoms with Gasteiger partial charge in [-0.25, -0.2) is 0 Å². The van der Waals surface area contributed by atoms with Crippen LogP contribution in [0.3, 0.4) is 0 Å². The Kier molecular flexibility index (Phi) is 13.7. The van der Waals surface area contributed by atoms with Crippen molar-refractivity contribution < 1.29 is 9.90 Å². The molecule has 2 aromatic rings. The number of rotatable bonds is 18. The largest absolute Gasteiger partial charge is 0.506 e. The Morgan fingerprint density at radius 3 is 1.73 bits per heavy atom. The van der Waals surface area contributed by atoms with Gasteiger partial charge in [0, 0.05) is 19.0 Å². The van der Waals surface area contributed by atoms with Gasteiger partial charge in [0.05, 0.1) is 5.56 Å². The first-order valence-corrected chi connectivity index (χ1v) is 13.6. The minimum absolute atomic E-state index is 0.0944. The lowest BCUT2D eigenvalue weighted by molar-refractivity contribution is 0.0790. The van der Waals surface area contributed by atoms with Crippen molar-refractivity contribution in [1.82, 2.24) is 4.90 Å². The number of aromatic hydroxyl groups is 1. The summed E-state index contributed by atoms with van der Waals surface area (Å²) in [6.45, 7) is 3.02. The SMILES string of the molecule is CCCCCCCCCCCCCCCCCCN(C)C(=O)c1ccc2ccccc2c1O. The highest BCUT2D eigenvalue weighted by Crippen LogP contribution is 2.29. The lowest BCUT2D eigenvalue weighted by Gasteiger charge is -2.18. The molecule has 0 fully saturated rings. The molecule has 2 rings (SSSR count). The van der Waals surface area contributed by atoms with Gasteiger partial charge in [-0.15, -0.1) is 0 Å². The van der Waals surface area contributed by atoms with E-state index in [1.54, 1.807) is 11.0 Å². The van der Waals surface area contributed by atoms with E-state index in [0.29, 0.717) is 5.56 Å². The molecule has 1 amide bonds. The van der Waals surface area contributed by atoms with E-state index in [4.69, 9.17) is 0 Å². The predicted molar refractivity (Wildman–Crippen MR) is 142 cm³/mol. The first-order chi connectivity index (χ1) is 16.1. The Morgan fingerprint density at radius 1 is 0.697 bits per heavy atom. The van der Waals surface area contributed by atoms with Gasteiger partial charge in [-0.3, -0.25) is 4.79 Å². The van der Waals surface area contributed by atoms with Crippen LogP contribution in [-0.4, -0.2) is 29.5 Å². The molecule has 184 valence electrons. The number of hydrogen-bond donors (Lipinski definition) is 1. The van der Waals surface area contributed by atoms with Gasteiger partial charge in [-0.05, 0) is 17.9 Å². The van der Waals surface area contributed by atoms with Gasteiger partial charge in [-0.2, -0.15) is 0 Å². The summed E-state index contributed by atoms with van der Waals surface area (Å²) in [4.78, 5) is 14.5. The number of benzene rings is 2. The van der Waals surface area contributed by atoms with E-state index in [1.165, 1.54) is 96.3 Å². The molecule has 0 unspecified atom stereocenters. The third-order valence-corrected chi connectivity index (χ3v) is 6.82. The summed E-state index contributed by atoms with van der Waals surface area (Å²) < 4.78 is 0. The minimum Gasteiger partial charge on any atom is -0.506 e. The molecule has 2 aromatic carbocycles. The molecule has 0 aromatic heterocycles. The number of phenols is 1. The van der Waals surface area contributed by atoms with E-state index < -0.39 is 0 Å². The highest BCUT2D eigenvalue weighted by atomic mass is 16.3. The van der Waals surface area contributed by atoms with Crippen molar-refractivity contribution in [2.24, 2.45) is 0 Å². The average Bonchev–Trinajstić information content (AvgIpc) is 2.83. The highest BCUT2D eigenvalue weighted by Gasteiger charge is 2.17. The van der Waals surface area contributed by atoms with E-state index in [9.17, 15) is 9.90 Å². The van der Waals surface area contributed by atoms with Crippen molar-refractivity contribution in [3.8, 4) is 5.75 Å². The predicted octanol–water partition coefficient (Wildman–Crippen LogP) is 8.88. The summed E-state index contributed by atoms with van der Waals surface area (Å²) in [6.07, 6.45) is 21.6. The maximum absolute atomic E-state index is 12.8. The topological polar surface area (TPSA) is 40.5 Å². The molecular weight excluding hydrogens is 406 g/mol. The van der Waals surface area contributed by atoms with E-state index in [-0.39, 0.29) is 11.7 Å². The van der Waals surface area contributed by atoms with Gasteiger partial charge >= 0.3 is 0 Å². The zero-order chi connectivity index (χ0) is 23.7. The number of carbonyl (C=O) groups excluding carboxylic acids is 1. The number of phenolic OH excluding ortho intramolecular Hbond substituents is 1. The summed E-state index contributed by atoms with van der Waals surface area (Å²) in [7, 11) is 1.84. The average molecular weight is 454 g/mol. The molecule has 0 bridgehead atoms. The molecule has 0 spiro atoms. The molecule has 0 saturated carbocycles. The number of fused-ring (bicyclic) bond motifs is 1. The lowest BCUT2D eigenvalue weighted by atomic mass is 10.0. The summed E-state index contributed by atoms with van der Waals surface area (Å²) in [6, 6.07) is 11.3. The number of carbonyl (C=O) groups is 1. The molecule has 0 saturated heterocycles. The normalized spacial score (nSPS) is 11.2. The van der Waals surface area contributed by atoms with Crippen molar-refractivity contribution in [2.45, 2.75) is 110 Å². The second kappa shape index (κ2) is 16.6. The molecule has 0 aliphatic heterocycles. The van der Waals surface area contributed by atoms with Crippen LogP contribution in [0.2, 0.25) is 0 Å². The van der Waals surface area contributed by atoms with Crippen LogP contribution in [-0.2, 0) is 0 Å². The third-order valence-electron chi connectivity index (χ3n) is 6.82. The molecular formula is C30H47NO2. The fraction of sp³-hybridized carbons (Fsp3) is 0.633. The number of amides is 1. The molecule has 0 aliphatic rings. The monoisotopic (exact) mass is 453 g/mol. The number of nitrogens with zero attached hydrogens (tertiary/aromatic N) is 1. The zero-order valence-electron chi connectivity index (χ0n) is 21.3. The highest BCUT2D eigenvalue weighted by molar-refractivity contribution is 6.03. The fourth-order valence-corrected chi connectivity index (χ4v) is 4.63. The maximum Gasteiger partial charge on any atom is 0.257 e. The zero-order valence-corrected chi connectivity index (χ0v) is 21.3. The number of unbranched alkanes of at least 4 members (excludes halogenated alkanes) is 15. The second-order valence-corrected chi connectivity index (χ2v) is 9.71. The van der Waals surface area contributed by atoms with Gasteiger partial charge in [0.25, 0.3) is 5.91 Å². The van der Waals surface area contributed by atoms with Crippen LogP contribution in [0.1, 0.15) is 120 Å². The van der Waals surface area contributed by atoms with E-state index in [1.807, 2.05) is 37.4 Å². The van der Waals surface area contributed by atoms with Crippen molar-refractivity contribution >= 4 is 16.7 Å². The number of hydrogen-bond acceptors (Lipinski definition) is 2. The van der Waals surface area contributed by atoms with Crippen molar-refractivity contribution in [1.29, 1.82) is 0 Å². The molecule has 3 nitrogen and oxygen atoms in total. The van der Waals surface area contributed by atoms with E-state index in [0.717, 1.165) is 23.7 Å². The molecule has 0 radical (unpaired) electrons. The van der Waals surface area contributed by atoms with Crippen molar-refractivity contribution in [3.05, 3.63) is 42.0 Å². The first kappa shape index (κ1) is 27.2. The van der Waals surface area contributed by atoms with Crippen LogP contribution in [0.25, 0.3) is 10.8 Å². The summed E-state index contributed by atoms with van der Waals surface area (Å²) >= 11 is 0. The molecule has 3 heteroatoms. The molecule has 0 heterocycles. The standard InChI is InChI=1S/C30H47NO2/c1-3-4-5-6-7-8-9-10-11-12-13-14-15-16-17-20-25-31(2)30(33)28-24-23-26-21-18-19-22-27(26)29(28)32/h18-19,21-24,32H,3-17,20,25H2,1-2H3. The lowest BCUT2D eigenvalue weighted by Crippen LogP contribution is -2.27. The Hall–Kier alpha value is -2.03. The maximum atomic E-state index is 12.8. The third kappa shape index (κ3) is 10.2. The van der Waals surface area contributed by atoms with Gasteiger partial charge < -0.3 is 10.0 Å². The first-order valence-electron chi connectivity index (χ1n) is 13.6. The smallest absolute Gasteiger partial charge is 0.257 e. The van der Waals surface area contributed by atoms with Gasteiger partial charge in [-0.1, -0.05) is 134 Å². The molecule has 0 atom stereocenters. The van der Waals surface area contributed by atoms with Crippen LogP contribution in [0.4, 0.5) is 0 Å². The fourth-order valence-electron chi connectivity index (χ4n) is 4.63. The summed E-state index contributed by atoms with van der Waals surface area (Å²) in [5.41, 5.74) is 0.396. The Morgan fingerprint density at radius 2 is 1.18 bits per heavy atom. The Bertz CT molecular complexity index is 801. The Balaban J connectivity index is 1.47. The Labute approximate surface area is 202 Å². The van der Waals surface area contributed by atoms with Crippen LogP contribution < -0.4 is 0 Å². The van der Waals surface area contributed by atoms with Crippen LogP contribution in [0.5, 0.6) is 5.75 Å². The second-order valence-electron chi connectivity index (χ2n) is 9.71. The van der Waals surface area contributed by atoms with E-state index >= 15 is 0 Å². The van der Waals surface area contributed by atoms with Crippen molar-refractivity contribution in [2.75, 3.05) is 13.6 Å². The summed E-state index contributed by atoms with van der Waals surface area (Å²) in [5, 5.41) is 12.2. The van der Waals surface area contributed by atoms with Crippen LogP contribution >= 0.6 is 0 Å². The molecule has 33 heavy (non-hydrogen) atoms. The van der Waals surface area contributed by atoms with Crippen molar-refractivity contribution in [3.63, 3.8) is 0 Å². The molecule has 0 aliphatic carbocycles. The van der Waals surface area contributed by atoms with Crippen LogP contribution in [0, 0.1) is 0 Å². The van der Waals surface area contributed by atoms with Gasteiger partial charge in [0.15, 0.2) is 0 Å². The van der Waals surface area contributed by atoms with Gasteiger partial charge in [0.2, 0.25) is 0 Å². The minimum atomic E-state index is -0.0980. The van der Waals surface area contributed by atoms with E-state index in [2.05, 4.69) is 6.92 Å². The quantitative estimate of drug-likeness (QED) is 0.229. The summed E-state index contributed by atoms with van der Waals surface area (Å²) in [5.74, 6) is -0.00358. The molecule has 1 N–H and O–H groups in total.